The van der Waals surface area contributed by atoms with Crippen LogP contribution in [0.2, 0.25) is 0 Å². The molecule has 3 heteroatoms. The molecule has 2 aromatic carbocycles. The Balaban J connectivity index is 2.01. The number of carbonyl (C=O) groups excluding carboxylic acids is 1. The molecule has 0 spiro atoms. The molecule has 0 saturated heterocycles. The van der Waals surface area contributed by atoms with Gasteiger partial charge >= 0.3 is 0 Å². The zero-order chi connectivity index (χ0) is 16.1. The molecule has 0 N–H and O–H groups in total. The van der Waals surface area contributed by atoms with Crippen molar-refractivity contribution >= 4 is 5.91 Å². The lowest BCUT2D eigenvalue weighted by Crippen LogP contribution is -2.37. The molecule has 0 aliphatic rings. The van der Waals surface area contributed by atoms with E-state index < -0.39 is 6.10 Å². The Bertz CT molecular complexity index is 637. The van der Waals surface area contributed by atoms with Crippen molar-refractivity contribution in [1.29, 1.82) is 0 Å². The minimum absolute atomic E-state index is 0.0234. The van der Waals surface area contributed by atoms with Crippen LogP contribution in [0.25, 0.3) is 0 Å². The number of hydrogen-bond donors (Lipinski definition) is 0. The van der Waals surface area contributed by atoms with Crippen molar-refractivity contribution in [2.24, 2.45) is 0 Å². The van der Waals surface area contributed by atoms with Crippen LogP contribution in [0.4, 0.5) is 0 Å². The number of hydrogen-bond acceptors (Lipinski definition) is 2. The molecule has 0 heterocycles. The molecule has 22 heavy (non-hydrogen) atoms. The maximum Gasteiger partial charge on any atom is 0.263 e. The Kier molecular flexibility index (Phi) is 5.21. The summed E-state index contributed by atoms with van der Waals surface area (Å²) >= 11 is 0. The number of nitrogens with zero attached hydrogens (tertiary/aromatic N) is 1. The summed E-state index contributed by atoms with van der Waals surface area (Å²) < 4.78 is 5.86. The number of ether oxygens (including phenoxy) is 1. The Morgan fingerprint density at radius 1 is 1.09 bits per heavy atom. The van der Waals surface area contributed by atoms with Crippen molar-refractivity contribution in [3.05, 3.63) is 65.2 Å². The second-order valence-electron chi connectivity index (χ2n) is 5.64. The van der Waals surface area contributed by atoms with Crippen LogP contribution in [-0.4, -0.2) is 24.0 Å². The van der Waals surface area contributed by atoms with Gasteiger partial charge in [-0.1, -0.05) is 42.5 Å². The molecule has 0 saturated carbocycles. The molecular formula is C19H23NO2. The van der Waals surface area contributed by atoms with Gasteiger partial charge < -0.3 is 9.64 Å². The molecule has 0 aliphatic carbocycles. The fourth-order valence-electron chi connectivity index (χ4n) is 2.34. The third kappa shape index (κ3) is 3.88. The van der Waals surface area contributed by atoms with Gasteiger partial charge in [0.15, 0.2) is 6.10 Å². The van der Waals surface area contributed by atoms with E-state index in [0.717, 1.165) is 22.4 Å². The zero-order valence-corrected chi connectivity index (χ0v) is 13.7. The van der Waals surface area contributed by atoms with E-state index >= 15 is 0 Å². The quantitative estimate of drug-likeness (QED) is 0.841. The maximum absolute atomic E-state index is 12.4. The van der Waals surface area contributed by atoms with Gasteiger partial charge in [-0.15, -0.1) is 0 Å². The Morgan fingerprint density at radius 2 is 1.77 bits per heavy atom. The molecule has 0 fully saturated rings. The van der Waals surface area contributed by atoms with E-state index in [1.54, 1.807) is 18.9 Å². The third-order valence-electron chi connectivity index (χ3n) is 3.85. The van der Waals surface area contributed by atoms with Crippen molar-refractivity contribution in [1.82, 2.24) is 4.90 Å². The predicted octanol–water partition coefficient (Wildman–Crippen LogP) is 3.73. The Labute approximate surface area is 132 Å². The van der Waals surface area contributed by atoms with Gasteiger partial charge in [0, 0.05) is 13.6 Å². The van der Waals surface area contributed by atoms with Crippen LogP contribution in [0.3, 0.4) is 0 Å². The lowest BCUT2D eigenvalue weighted by atomic mass is 10.1. The fraction of sp³-hybridized carbons (Fsp3) is 0.316. The minimum Gasteiger partial charge on any atom is -0.481 e. The second-order valence-corrected chi connectivity index (χ2v) is 5.64. The summed E-state index contributed by atoms with van der Waals surface area (Å²) in [6.45, 7) is 6.43. The van der Waals surface area contributed by atoms with Crippen molar-refractivity contribution in [3.8, 4) is 5.75 Å². The van der Waals surface area contributed by atoms with Crippen LogP contribution in [0.1, 0.15) is 23.6 Å². The van der Waals surface area contributed by atoms with E-state index in [1.165, 1.54) is 0 Å². The first-order chi connectivity index (χ1) is 10.5. The summed E-state index contributed by atoms with van der Waals surface area (Å²) in [5.41, 5.74) is 3.35. The van der Waals surface area contributed by atoms with Crippen LogP contribution < -0.4 is 4.74 Å². The molecule has 0 aliphatic heterocycles. The largest absolute Gasteiger partial charge is 0.481 e. The van der Waals surface area contributed by atoms with Crippen molar-refractivity contribution in [2.75, 3.05) is 7.05 Å². The number of carbonyl (C=O) groups is 1. The molecule has 1 amide bonds. The van der Waals surface area contributed by atoms with Crippen molar-refractivity contribution < 1.29 is 9.53 Å². The van der Waals surface area contributed by atoms with Gasteiger partial charge in [-0.05, 0) is 43.5 Å². The van der Waals surface area contributed by atoms with Crippen LogP contribution >= 0.6 is 0 Å². The SMILES string of the molecule is Cc1cccc(OC(C)C(=O)N(C)Cc2ccccc2)c1C. The predicted molar refractivity (Wildman–Crippen MR) is 88.9 cm³/mol. The number of likely N-dealkylation sites (N-methyl/N-ethyl adjacent to an activating group) is 1. The molecule has 0 bridgehead atoms. The van der Waals surface area contributed by atoms with Gasteiger partial charge in [0.05, 0.1) is 0 Å². The minimum atomic E-state index is -0.505. The Morgan fingerprint density at radius 3 is 2.45 bits per heavy atom. The summed E-state index contributed by atoms with van der Waals surface area (Å²) in [7, 11) is 1.80. The van der Waals surface area contributed by atoms with Gasteiger partial charge in [0.25, 0.3) is 5.91 Å². The number of rotatable bonds is 5. The normalized spacial score (nSPS) is 11.8. The summed E-state index contributed by atoms with van der Waals surface area (Å²) in [4.78, 5) is 14.1. The standard InChI is InChI=1S/C19H23NO2/c1-14-9-8-12-18(15(14)2)22-16(3)19(21)20(4)13-17-10-6-5-7-11-17/h5-12,16H,13H2,1-4H3. The maximum atomic E-state index is 12.4. The first-order valence-corrected chi connectivity index (χ1v) is 7.51. The first kappa shape index (κ1) is 16.1. The Hall–Kier alpha value is -2.29. The van der Waals surface area contributed by atoms with Crippen LogP contribution in [0, 0.1) is 13.8 Å². The van der Waals surface area contributed by atoms with Crippen molar-refractivity contribution in [2.45, 2.75) is 33.4 Å². The highest BCUT2D eigenvalue weighted by Crippen LogP contribution is 2.22. The molecule has 116 valence electrons. The summed E-state index contributed by atoms with van der Waals surface area (Å²) in [5, 5.41) is 0. The molecular weight excluding hydrogens is 274 g/mol. The third-order valence-corrected chi connectivity index (χ3v) is 3.85. The molecule has 2 rings (SSSR count). The average molecular weight is 297 g/mol. The van der Waals surface area contributed by atoms with Gasteiger partial charge in [-0.25, -0.2) is 0 Å². The fourth-order valence-corrected chi connectivity index (χ4v) is 2.34. The lowest BCUT2D eigenvalue weighted by Gasteiger charge is -2.23. The number of amides is 1. The van der Waals surface area contributed by atoms with Gasteiger partial charge in [0.2, 0.25) is 0 Å². The smallest absolute Gasteiger partial charge is 0.263 e. The van der Waals surface area contributed by atoms with E-state index in [0.29, 0.717) is 6.54 Å². The zero-order valence-electron chi connectivity index (χ0n) is 13.7. The topological polar surface area (TPSA) is 29.5 Å². The molecule has 1 atom stereocenters. The van der Waals surface area contributed by atoms with E-state index in [9.17, 15) is 4.79 Å². The van der Waals surface area contributed by atoms with Crippen LogP contribution in [-0.2, 0) is 11.3 Å². The van der Waals surface area contributed by atoms with Gasteiger partial charge in [-0.3, -0.25) is 4.79 Å². The van der Waals surface area contributed by atoms with E-state index in [1.807, 2.05) is 62.4 Å². The summed E-state index contributed by atoms with van der Waals surface area (Å²) in [6.07, 6.45) is -0.505. The highest BCUT2D eigenvalue weighted by atomic mass is 16.5. The lowest BCUT2D eigenvalue weighted by molar-refractivity contribution is -0.137. The summed E-state index contributed by atoms with van der Waals surface area (Å²) in [5.74, 6) is 0.749. The molecule has 0 aromatic heterocycles. The van der Waals surface area contributed by atoms with Crippen LogP contribution in [0.5, 0.6) is 5.75 Å². The summed E-state index contributed by atoms with van der Waals surface area (Å²) in [6, 6.07) is 15.8. The number of aryl methyl sites for hydroxylation is 1. The van der Waals surface area contributed by atoms with Crippen molar-refractivity contribution in [3.63, 3.8) is 0 Å². The highest BCUT2D eigenvalue weighted by Gasteiger charge is 2.20. The number of benzene rings is 2. The molecule has 1 unspecified atom stereocenters. The average Bonchev–Trinajstić information content (AvgIpc) is 2.52. The van der Waals surface area contributed by atoms with E-state index in [-0.39, 0.29) is 5.91 Å². The molecule has 0 radical (unpaired) electrons. The molecule has 3 nitrogen and oxygen atoms in total. The highest BCUT2D eigenvalue weighted by molar-refractivity contribution is 5.80. The van der Waals surface area contributed by atoms with Gasteiger partial charge in [-0.2, -0.15) is 0 Å². The second kappa shape index (κ2) is 7.12. The monoisotopic (exact) mass is 297 g/mol. The van der Waals surface area contributed by atoms with Crippen LogP contribution in [0.15, 0.2) is 48.5 Å². The first-order valence-electron chi connectivity index (χ1n) is 7.51. The van der Waals surface area contributed by atoms with E-state index in [2.05, 4.69) is 0 Å². The van der Waals surface area contributed by atoms with Gasteiger partial charge in [0.1, 0.15) is 5.75 Å². The molecule has 2 aromatic rings. The van der Waals surface area contributed by atoms with E-state index in [4.69, 9.17) is 4.74 Å².